The Morgan fingerprint density at radius 1 is 1.29 bits per heavy atom. The SMILES string of the molecule is CC(CC(=O)Oc1ccccc1S(=O)(=O)O)CC(C)(C)C. The van der Waals surface area contributed by atoms with Crippen LogP contribution in [0.2, 0.25) is 0 Å². The first-order chi connectivity index (χ1) is 9.49. The van der Waals surface area contributed by atoms with Gasteiger partial charge >= 0.3 is 5.97 Å². The van der Waals surface area contributed by atoms with Gasteiger partial charge in [-0.3, -0.25) is 9.35 Å². The van der Waals surface area contributed by atoms with Crippen molar-refractivity contribution in [2.75, 3.05) is 0 Å². The molecule has 0 radical (unpaired) electrons. The van der Waals surface area contributed by atoms with E-state index in [0.717, 1.165) is 6.42 Å². The molecule has 0 aromatic heterocycles. The van der Waals surface area contributed by atoms with Crippen molar-refractivity contribution in [1.82, 2.24) is 0 Å². The zero-order valence-corrected chi connectivity index (χ0v) is 13.6. The minimum atomic E-state index is -4.41. The molecule has 0 fully saturated rings. The molecule has 6 heteroatoms. The summed E-state index contributed by atoms with van der Waals surface area (Å²) in [6.45, 7) is 8.20. The van der Waals surface area contributed by atoms with Crippen LogP contribution in [0.3, 0.4) is 0 Å². The number of carbonyl (C=O) groups is 1. The summed E-state index contributed by atoms with van der Waals surface area (Å²) < 4.78 is 36.6. The molecule has 0 aliphatic rings. The minimum Gasteiger partial charge on any atom is -0.425 e. The summed E-state index contributed by atoms with van der Waals surface area (Å²) in [5, 5.41) is 0. The predicted octanol–water partition coefficient (Wildman–Crippen LogP) is 3.30. The molecule has 0 spiro atoms. The highest BCUT2D eigenvalue weighted by Crippen LogP contribution is 2.27. The Labute approximate surface area is 126 Å². The van der Waals surface area contributed by atoms with Crippen molar-refractivity contribution in [3.8, 4) is 5.75 Å². The van der Waals surface area contributed by atoms with Crippen molar-refractivity contribution >= 4 is 16.1 Å². The van der Waals surface area contributed by atoms with Crippen LogP contribution in [-0.4, -0.2) is 18.9 Å². The van der Waals surface area contributed by atoms with E-state index in [0.29, 0.717) is 0 Å². The van der Waals surface area contributed by atoms with E-state index in [1.807, 2.05) is 6.92 Å². The molecule has 1 aromatic rings. The van der Waals surface area contributed by atoms with Gasteiger partial charge in [0.05, 0.1) is 0 Å². The molecule has 0 amide bonds. The largest absolute Gasteiger partial charge is 0.425 e. The number of hydrogen-bond acceptors (Lipinski definition) is 4. The molecular weight excluding hydrogens is 292 g/mol. The van der Waals surface area contributed by atoms with Crippen molar-refractivity contribution in [2.45, 2.75) is 45.4 Å². The van der Waals surface area contributed by atoms with Gasteiger partial charge in [-0.15, -0.1) is 0 Å². The summed E-state index contributed by atoms with van der Waals surface area (Å²) in [6.07, 6.45) is 1.04. The van der Waals surface area contributed by atoms with E-state index in [-0.39, 0.29) is 23.5 Å². The van der Waals surface area contributed by atoms with Crippen molar-refractivity contribution in [2.24, 2.45) is 11.3 Å². The number of esters is 1. The topological polar surface area (TPSA) is 80.7 Å². The van der Waals surface area contributed by atoms with Crippen LogP contribution >= 0.6 is 0 Å². The molecule has 0 saturated carbocycles. The van der Waals surface area contributed by atoms with Gasteiger partial charge in [0.2, 0.25) is 0 Å². The van der Waals surface area contributed by atoms with Gasteiger partial charge in [-0.25, -0.2) is 0 Å². The zero-order chi connectivity index (χ0) is 16.3. The maximum absolute atomic E-state index is 11.9. The summed E-state index contributed by atoms with van der Waals surface area (Å²) in [5.74, 6) is -0.536. The highest BCUT2D eigenvalue weighted by Gasteiger charge is 2.21. The molecule has 1 unspecified atom stereocenters. The highest BCUT2D eigenvalue weighted by molar-refractivity contribution is 7.86. The first-order valence-corrected chi connectivity index (χ1v) is 8.20. The van der Waals surface area contributed by atoms with Gasteiger partial charge in [0.25, 0.3) is 10.1 Å². The predicted molar refractivity (Wildman–Crippen MR) is 79.7 cm³/mol. The Bertz CT molecular complexity index is 599. The number of hydrogen-bond donors (Lipinski definition) is 1. The van der Waals surface area contributed by atoms with Gasteiger partial charge in [-0.2, -0.15) is 8.42 Å². The van der Waals surface area contributed by atoms with Crippen LogP contribution in [0.15, 0.2) is 29.2 Å². The molecule has 118 valence electrons. The van der Waals surface area contributed by atoms with E-state index in [1.165, 1.54) is 24.3 Å². The lowest BCUT2D eigenvalue weighted by atomic mass is 9.84. The molecular formula is C15H22O5S. The number of rotatable bonds is 5. The Hall–Kier alpha value is -1.40. The van der Waals surface area contributed by atoms with Crippen LogP contribution in [0.1, 0.15) is 40.5 Å². The molecule has 0 saturated heterocycles. The lowest BCUT2D eigenvalue weighted by Crippen LogP contribution is -2.18. The standard InChI is InChI=1S/C15H22O5S/c1-11(10-15(2,3)4)9-14(16)20-12-7-5-6-8-13(12)21(17,18)19/h5-8,11H,9-10H2,1-4H3,(H,17,18,19). The number of benzene rings is 1. The molecule has 0 heterocycles. The summed E-state index contributed by atoms with van der Waals surface area (Å²) in [7, 11) is -4.41. The third-order valence-electron chi connectivity index (χ3n) is 2.83. The maximum atomic E-state index is 11.9. The van der Waals surface area contributed by atoms with Crippen LogP contribution in [0.4, 0.5) is 0 Å². The van der Waals surface area contributed by atoms with E-state index in [4.69, 9.17) is 9.29 Å². The first kappa shape index (κ1) is 17.7. The Morgan fingerprint density at radius 3 is 2.38 bits per heavy atom. The fraction of sp³-hybridized carbons (Fsp3) is 0.533. The van der Waals surface area contributed by atoms with Crippen LogP contribution in [-0.2, 0) is 14.9 Å². The van der Waals surface area contributed by atoms with E-state index in [2.05, 4.69) is 20.8 Å². The van der Waals surface area contributed by atoms with Gasteiger partial charge in [0, 0.05) is 6.42 Å². The van der Waals surface area contributed by atoms with Crippen molar-refractivity contribution in [3.05, 3.63) is 24.3 Å². The second-order valence-electron chi connectivity index (χ2n) is 6.47. The molecule has 1 rings (SSSR count). The number of ether oxygens (including phenoxy) is 1. The van der Waals surface area contributed by atoms with Crippen LogP contribution < -0.4 is 4.74 Å². The quantitative estimate of drug-likeness (QED) is 0.512. The Balaban J connectivity index is 2.77. The third-order valence-corrected chi connectivity index (χ3v) is 3.72. The minimum absolute atomic E-state index is 0.103. The van der Waals surface area contributed by atoms with E-state index >= 15 is 0 Å². The lowest BCUT2D eigenvalue weighted by molar-refractivity contribution is -0.135. The average molecular weight is 314 g/mol. The summed E-state index contributed by atoms with van der Waals surface area (Å²) in [5.41, 5.74) is 0.103. The van der Waals surface area contributed by atoms with E-state index in [1.54, 1.807) is 0 Å². The molecule has 0 aliphatic carbocycles. The number of para-hydroxylation sites is 1. The van der Waals surface area contributed by atoms with Crippen LogP contribution in [0, 0.1) is 11.3 Å². The first-order valence-electron chi connectivity index (χ1n) is 6.76. The molecule has 5 nitrogen and oxygen atoms in total. The molecule has 0 aliphatic heterocycles. The van der Waals surface area contributed by atoms with Crippen LogP contribution in [0.25, 0.3) is 0 Å². The molecule has 1 aromatic carbocycles. The second kappa shape index (κ2) is 6.58. The van der Waals surface area contributed by atoms with Crippen molar-refractivity contribution in [1.29, 1.82) is 0 Å². The fourth-order valence-electron chi connectivity index (χ4n) is 2.31. The average Bonchev–Trinajstić information content (AvgIpc) is 2.24. The molecule has 1 N–H and O–H groups in total. The van der Waals surface area contributed by atoms with Gasteiger partial charge in [-0.1, -0.05) is 39.8 Å². The van der Waals surface area contributed by atoms with Gasteiger partial charge < -0.3 is 4.74 Å². The maximum Gasteiger partial charge on any atom is 0.311 e. The van der Waals surface area contributed by atoms with Gasteiger partial charge in [0.1, 0.15) is 4.90 Å². The van der Waals surface area contributed by atoms with Gasteiger partial charge in [0.15, 0.2) is 5.75 Å². The molecule has 1 atom stereocenters. The fourth-order valence-corrected chi connectivity index (χ4v) is 2.93. The summed E-state index contributed by atoms with van der Waals surface area (Å²) in [6, 6.07) is 5.52. The normalized spacial score (nSPS) is 13.8. The van der Waals surface area contributed by atoms with E-state index in [9.17, 15) is 13.2 Å². The Morgan fingerprint density at radius 2 is 1.86 bits per heavy atom. The van der Waals surface area contributed by atoms with Crippen LogP contribution in [0.5, 0.6) is 5.75 Å². The summed E-state index contributed by atoms with van der Waals surface area (Å²) >= 11 is 0. The third kappa shape index (κ3) is 6.27. The Kier molecular flexibility index (Phi) is 5.53. The van der Waals surface area contributed by atoms with Crippen molar-refractivity contribution in [3.63, 3.8) is 0 Å². The smallest absolute Gasteiger partial charge is 0.311 e. The lowest BCUT2D eigenvalue weighted by Gasteiger charge is -2.22. The molecule has 0 bridgehead atoms. The van der Waals surface area contributed by atoms with Gasteiger partial charge in [-0.05, 0) is 29.9 Å². The van der Waals surface area contributed by atoms with E-state index < -0.39 is 21.0 Å². The second-order valence-corrected chi connectivity index (χ2v) is 7.86. The van der Waals surface area contributed by atoms with Crippen molar-refractivity contribution < 1.29 is 22.5 Å². The highest BCUT2D eigenvalue weighted by atomic mass is 32.2. The zero-order valence-electron chi connectivity index (χ0n) is 12.8. The summed E-state index contributed by atoms with van der Waals surface area (Å²) in [4.78, 5) is 11.5. The monoisotopic (exact) mass is 314 g/mol. The number of carbonyl (C=O) groups excluding carboxylic acids is 1. The molecule has 21 heavy (non-hydrogen) atoms.